The second-order valence-electron chi connectivity index (χ2n) is 15.3. The number of carbonyl (C=O) groups is 4. The molecule has 0 saturated heterocycles. The van der Waals surface area contributed by atoms with Crippen LogP contribution in [0, 0.1) is 11.8 Å². The van der Waals surface area contributed by atoms with E-state index in [1.807, 2.05) is 12.2 Å². The summed E-state index contributed by atoms with van der Waals surface area (Å²) in [4.78, 5) is 58.7. The molecule has 0 aromatic heterocycles. The van der Waals surface area contributed by atoms with Gasteiger partial charge in [0.1, 0.15) is 18.4 Å². The Labute approximate surface area is 352 Å². The zero-order valence-electron chi connectivity index (χ0n) is 35.5. The highest BCUT2D eigenvalue weighted by Gasteiger charge is 2.39. The van der Waals surface area contributed by atoms with Crippen molar-refractivity contribution >= 4 is 31.5 Å². The zero-order valence-corrected chi connectivity index (χ0v) is 36.4. The van der Waals surface area contributed by atoms with Gasteiger partial charge in [0.05, 0.1) is 25.4 Å². The van der Waals surface area contributed by atoms with E-state index < -0.39 is 75.8 Å². The predicted molar refractivity (Wildman–Crippen MR) is 227 cm³/mol. The largest absolute Gasteiger partial charge is 0.480 e. The van der Waals surface area contributed by atoms with Gasteiger partial charge in [0.25, 0.3) is 0 Å². The summed E-state index contributed by atoms with van der Waals surface area (Å²) in [6.45, 7) is 2.37. The molecule has 1 fully saturated rings. The summed E-state index contributed by atoms with van der Waals surface area (Å²) in [6.07, 6.45) is 29.7. The standard InChI is InChI=1S/C44H74NO13P/c1-3-5-7-8-9-10-11-12-13-14-15-16-17-18-23-27-42(49)55-32-36(33-56-59(53,54)57-34-39(45)44(51)52)58-43(50)28-24-20-19-22-26-37-38(41(48)31-40(37)47)30-29-35(46)25-21-6-4-2/h9-10,12-13,19,22,29-30,35-40,46-47H,3-8,11,14-18,20-21,23-28,31-34,45H2,1-2H3,(H,51,52)(H,53,54)/b10-9-,13-12-,22-19-,30-29+/t35-,36+,37+,38+,39-,40-/m0/s1. The van der Waals surface area contributed by atoms with Gasteiger partial charge in [-0.1, -0.05) is 114 Å². The average Bonchev–Trinajstić information content (AvgIpc) is 3.47. The summed E-state index contributed by atoms with van der Waals surface area (Å²) in [7, 11) is -4.80. The first-order valence-electron chi connectivity index (χ1n) is 21.8. The second kappa shape index (κ2) is 33.7. The van der Waals surface area contributed by atoms with Gasteiger partial charge < -0.3 is 35.4 Å². The number of nitrogens with two attached hydrogens (primary N) is 1. The van der Waals surface area contributed by atoms with E-state index in [0.717, 1.165) is 64.2 Å². The number of esters is 2. The smallest absolute Gasteiger partial charge is 0.472 e. The minimum Gasteiger partial charge on any atom is -0.480 e. The first-order chi connectivity index (χ1) is 28.3. The number of unbranched alkanes of at least 4 members (excludes halogenated alkanes) is 11. The molecule has 0 aromatic rings. The van der Waals surface area contributed by atoms with Gasteiger partial charge in [-0.05, 0) is 64.2 Å². The summed E-state index contributed by atoms with van der Waals surface area (Å²) in [5, 5.41) is 29.6. The maximum Gasteiger partial charge on any atom is 0.472 e. The first kappa shape index (κ1) is 54.0. The Morgan fingerprint density at radius 3 is 2.08 bits per heavy atom. The number of rotatable bonds is 36. The van der Waals surface area contributed by atoms with E-state index in [-0.39, 0.29) is 31.0 Å². The van der Waals surface area contributed by atoms with Crippen LogP contribution in [0.25, 0.3) is 0 Å². The van der Waals surface area contributed by atoms with Crippen LogP contribution in [0.2, 0.25) is 0 Å². The van der Waals surface area contributed by atoms with Crippen LogP contribution in [0.5, 0.6) is 0 Å². The molecule has 1 aliphatic rings. The van der Waals surface area contributed by atoms with Gasteiger partial charge >= 0.3 is 25.7 Å². The quantitative estimate of drug-likeness (QED) is 0.0174. The van der Waals surface area contributed by atoms with Gasteiger partial charge in [0.2, 0.25) is 0 Å². The fraction of sp³-hybridized carbons (Fsp3) is 0.727. The van der Waals surface area contributed by atoms with E-state index in [9.17, 15) is 38.8 Å². The van der Waals surface area contributed by atoms with Crippen molar-refractivity contribution in [2.24, 2.45) is 17.6 Å². The number of hydrogen-bond acceptors (Lipinski definition) is 12. The SMILES string of the molecule is CCCCC/C=C\C/C=C\CCCCCCCC(=O)OC[C@H](COP(=O)(O)OC[C@H](N)C(=O)O)OC(=O)CCC/C=C\C[C@H]1[C@@H](O)CC(=O)[C@@H]1/C=C/[C@@H](O)CCCCC. The number of ether oxygens (including phenoxy) is 2. The first-order valence-corrected chi connectivity index (χ1v) is 23.3. The number of phosphoric acid groups is 1. The van der Waals surface area contributed by atoms with Crippen molar-refractivity contribution in [1.29, 1.82) is 0 Å². The van der Waals surface area contributed by atoms with Crippen LogP contribution in [0.4, 0.5) is 0 Å². The van der Waals surface area contributed by atoms with Crippen molar-refractivity contribution in [1.82, 2.24) is 0 Å². The Hall–Kier alpha value is -2.97. The molecule has 0 aromatic carbocycles. The van der Waals surface area contributed by atoms with Crippen LogP contribution < -0.4 is 5.73 Å². The Bertz CT molecular complexity index is 1350. The average molecular weight is 856 g/mol. The molecule has 0 bridgehead atoms. The predicted octanol–water partition coefficient (Wildman–Crippen LogP) is 7.98. The minimum atomic E-state index is -4.80. The van der Waals surface area contributed by atoms with E-state index in [2.05, 4.69) is 42.7 Å². The number of allylic oxidation sites excluding steroid dienone is 7. The highest BCUT2D eigenvalue weighted by molar-refractivity contribution is 7.47. The lowest BCUT2D eigenvalue weighted by Gasteiger charge is -2.20. The number of aliphatic hydroxyl groups excluding tert-OH is 2. The third-order valence-corrected chi connectivity index (χ3v) is 10.9. The van der Waals surface area contributed by atoms with Crippen LogP contribution >= 0.6 is 7.82 Å². The van der Waals surface area contributed by atoms with Crippen LogP contribution in [0.1, 0.15) is 149 Å². The molecule has 6 N–H and O–H groups in total. The number of carbonyl (C=O) groups excluding carboxylic acids is 3. The molecule has 1 rings (SSSR count). The summed E-state index contributed by atoms with van der Waals surface area (Å²) < 4.78 is 32.6. The lowest BCUT2D eigenvalue weighted by molar-refractivity contribution is -0.161. The molecule has 0 radical (unpaired) electrons. The molecule has 1 aliphatic carbocycles. The highest BCUT2D eigenvalue weighted by Crippen LogP contribution is 2.43. The molecule has 0 spiro atoms. The number of phosphoric ester groups is 1. The lowest BCUT2D eigenvalue weighted by atomic mass is 9.90. The monoisotopic (exact) mass is 855 g/mol. The number of ketones is 1. The Morgan fingerprint density at radius 2 is 1.39 bits per heavy atom. The fourth-order valence-electron chi connectivity index (χ4n) is 6.37. The molecule has 1 unspecified atom stereocenters. The topological polar surface area (TPSA) is 229 Å². The Kier molecular flexibility index (Phi) is 30.9. The zero-order chi connectivity index (χ0) is 43.7. The van der Waals surface area contributed by atoms with Crippen LogP contribution in [-0.2, 0) is 42.3 Å². The van der Waals surface area contributed by atoms with E-state index in [4.69, 9.17) is 24.8 Å². The summed E-state index contributed by atoms with van der Waals surface area (Å²) in [6, 6.07) is -1.57. The number of hydrogen-bond donors (Lipinski definition) is 5. The number of aliphatic carboxylic acids is 1. The van der Waals surface area contributed by atoms with Crippen molar-refractivity contribution in [3.63, 3.8) is 0 Å². The molecular formula is C44H74NO13P. The normalized spacial score (nSPS) is 19.8. The number of carboxylic acids is 1. The number of aliphatic hydroxyl groups is 2. The molecule has 14 nitrogen and oxygen atoms in total. The van der Waals surface area contributed by atoms with Gasteiger partial charge in [-0.15, -0.1) is 0 Å². The van der Waals surface area contributed by atoms with E-state index in [1.54, 1.807) is 12.2 Å². The van der Waals surface area contributed by atoms with Crippen molar-refractivity contribution in [3.05, 3.63) is 48.6 Å². The van der Waals surface area contributed by atoms with Gasteiger partial charge in [0, 0.05) is 31.1 Å². The van der Waals surface area contributed by atoms with E-state index in [0.29, 0.717) is 32.1 Å². The van der Waals surface area contributed by atoms with Gasteiger partial charge in [-0.3, -0.25) is 28.2 Å². The summed E-state index contributed by atoms with van der Waals surface area (Å²) >= 11 is 0. The van der Waals surface area contributed by atoms with Crippen molar-refractivity contribution in [2.45, 2.75) is 173 Å². The fourth-order valence-corrected chi connectivity index (χ4v) is 7.15. The van der Waals surface area contributed by atoms with E-state index in [1.165, 1.54) is 19.3 Å². The minimum absolute atomic E-state index is 0.0344. The number of Topliss-reactive ketones (excluding diaryl/α,β-unsaturated/α-hetero) is 1. The Balaban J connectivity index is 2.54. The van der Waals surface area contributed by atoms with Crippen molar-refractivity contribution in [3.8, 4) is 0 Å². The summed E-state index contributed by atoms with van der Waals surface area (Å²) in [5.74, 6) is -3.49. The van der Waals surface area contributed by atoms with Crippen LogP contribution in [-0.4, -0.2) is 88.1 Å². The molecule has 0 aliphatic heterocycles. The van der Waals surface area contributed by atoms with Gasteiger partial charge in [-0.2, -0.15) is 0 Å². The number of carboxylic acid groups (broad SMARTS) is 1. The third-order valence-electron chi connectivity index (χ3n) is 9.93. The third kappa shape index (κ3) is 28.2. The molecule has 59 heavy (non-hydrogen) atoms. The maximum atomic E-state index is 12.7. The van der Waals surface area contributed by atoms with Gasteiger partial charge in [-0.25, -0.2) is 4.57 Å². The molecular weight excluding hydrogens is 781 g/mol. The Morgan fingerprint density at radius 1 is 0.797 bits per heavy atom. The van der Waals surface area contributed by atoms with E-state index >= 15 is 0 Å². The van der Waals surface area contributed by atoms with Crippen LogP contribution in [0.15, 0.2) is 48.6 Å². The molecule has 0 heterocycles. The summed E-state index contributed by atoms with van der Waals surface area (Å²) in [5.41, 5.74) is 5.32. The van der Waals surface area contributed by atoms with Crippen molar-refractivity contribution in [2.75, 3.05) is 19.8 Å². The highest BCUT2D eigenvalue weighted by atomic mass is 31.2. The molecule has 7 atom stereocenters. The molecule has 1 saturated carbocycles. The molecule has 0 amide bonds. The lowest BCUT2D eigenvalue weighted by Crippen LogP contribution is -2.34. The molecule has 338 valence electrons. The maximum absolute atomic E-state index is 12.7. The van der Waals surface area contributed by atoms with Crippen molar-refractivity contribution < 1.29 is 62.5 Å². The van der Waals surface area contributed by atoms with Gasteiger partial charge in [0.15, 0.2) is 6.10 Å². The second-order valence-corrected chi connectivity index (χ2v) is 16.7. The molecule has 15 heteroatoms. The van der Waals surface area contributed by atoms with Crippen LogP contribution in [0.3, 0.4) is 0 Å².